The minimum atomic E-state index is -0.245. The SMILES string of the molecule is Cc1cc(C)c(NC(=O)/C=C/c2ccco2)c(Cl)c1. The molecule has 1 aromatic carbocycles. The molecule has 0 saturated heterocycles. The van der Waals surface area contributed by atoms with Crippen LogP contribution in [0.25, 0.3) is 6.08 Å². The molecule has 4 heteroatoms. The molecule has 0 aliphatic carbocycles. The summed E-state index contributed by atoms with van der Waals surface area (Å²) in [5.41, 5.74) is 2.64. The normalized spacial score (nSPS) is 10.9. The van der Waals surface area contributed by atoms with Gasteiger partial charge in [0.15, 0.2) is 0 Å². The number of amides is 1. The van der Waals surface area contributed by atoms with Gasteiger partial charge < -0.3 is 9.73 Å². The van der Waals surface area contributed by atoms with Crippen molar-refractivity contribution in [3.05, 3.63) is 58.5 Å². The molecule has 2 aromatic rings. The van der Waals surface area contributed by atoms with Gasteiger partial charge in [-0.05, 0) is 49.2 Å². The molecule has 0 spiro atoms. The number of hydrogen-bond acceptors (Lipinski definition) is 2. The van der Waals surface area contributed by atoms with Crippen LogP contribution in [0.5, 0.6) is 0 Å². The average molecular weight is 276 g/mol. The van der Waals surface area contributed by atoms with Crippen LogP contribution in [0.3, 0.4) is 0 Å². The fourth-order valence-corrected chi connectivity index (χ4v) is 2.15. The van der Waals surface area contributed by atoms with Crippen molar-refractivity contribution in [2.75, 3.05) is 5.32 Å². The number of halogens is 1. The minimum absolute atomic E-state index is 0.245. The van der Waals surface area contributed by atoms with Gasteiger partial charge in [0.25, 0.3) is 0 Å². The Bertz CT molecular complexity index is 592. The van der Waals surface area contributed by atoms with E-state index in [0.717, 1.165) is 11.1 Å². The van der Waals surface area contributed by atoms with E-state index in [9.17, 15) is 4.79 Å². The summed E-state index contributed by atoms with van der Waals surface area (Å²) in [5, 5.41) is 3.31. The van der Waals surface area contributed by atoms with Gasteiger partial charge in [-0.2, -0.15) is 0 Å². The first-order chi connectivity index (χ1) is 9.06. The van der Waals surface area contributed by atoms with E-state index in [4.69, 9.17) is 16.0 Å². The van der Waals surface area contributed by atoms with Crippen molar-refractivity contribution in [2.45, 2.75) is 13.8 Å². The third-order valence-corrected chi connectivity index (χ3v) is 2.92. The van der Waals surface area contributed by atoms with Gasteiger partial charge in [0, 0.05) is 6.08 Å². The molecule has 0 unspecified atom stereocenters. The summed E-state index contributed by atoms with van der Waals surface area (Å²) in [6.07, 6.45) is 4.57. The van der Waals surface area contributed by atoms with Gasteiger partial charge in [-0.1, -0.05) is 17.7 Å². The zero-order valence-electron chi connectivity index (χ0n) is 10.7. The zero-order chi connectivity index (χ0) is 13.8. The molecular weight excluding hydrogens is 262 g/mol. The smallest absolute Gasteiger partial charge is 0.248 e. The Morgan fingerprint density at radius 2 is 2.16 bits per heavy atom. The van der Waals surface area contributed by atoms with E-state index >= 15 is 0 Å². The molecule has 1 amide bonds. The second-order valence-corrected chi connectivity index (χ2v) is 4.68. The summed E-state index contributed by atoms with van der Waals surface area (Å²) in [7, 11) is 0. The van der Waals surface area contributed by atoms with Crippen molar-refractivity contribution in [3.8, 4) is 0 Å². The number of aryl methyl sites for hydroxylation is 2. The summed E-state index contributed by atoms with van der Waals surface area (Å²) >= 11 is 6.12. The lowest BCUT2D eigenvalue weighted by Gasteiger charge is -2.09. The summed E-state index contributed by atoms with van der Waals surface area (Å²) < 4.78 is 5.10. The van der Waals surface area contributed by atoms with Crippen LogP contribution in [-0.4, -0.2) is 5.91 Å². The monoisotopic (exact) mass is 275 g/mol. The molecule has 0 aliphatic heterocycles. The molecular formula is C15H14ClNO2. The van der Waals surface area contributed by atoms with Crippen molar-refractivity contribution < 1.29 is 9.21 Å². The van der Waals surface area contributed by atoms with Crippen LogP contribution in [0.2, 0.25) is 5.02 Å². The Morgan fingerprint density at radius 1 is 1.37 bits per heavy atom. The molecule has 3 nitrogen and oxygen atoms in total. The maximum absolute atomic E-state index is 11.8. The molecule has 1 N–H and O–H groups in total. The van der Waals surface area contributed by atoms with Crippen LogP contribution in [-0.2, 0) is 4.79 Å². The first-order valence-electron chi connectivity index (χ1n) is 5.85. The van der Waals surface area contributed by atoms with E-state index in [1.165, 1.54) is 6.08 Å². The molecule has 0 bridgehead atoms. The highest BCUT2D eigenvalue weighted by molar-refractivity contribution is 6.34. The van der Waals surface area contributed by atoms with Crippen molar-refractivity contribution in [3.63, 3.8) is 0 Å². The highest BCUT2D eigenvalue weighted by Gasteiger charge is 2.07. The fraction of sp³-hybridized carbons (Fsp3) is 0.133. The first-order valence-corrected chi connectivity index (χ1v) is 6.23. The second kappa shape index (κ2) is 5.76. The van der Waals surface area contributed by atoms with Crippen molar-refractivity contribution >= 4 is 29.3 Å². The number of hydrogen-bond donors (Lipinski definition) is 1. The largest absolute Gasteiger partial charge is 0.465 e. The van der Waals surface area contributed by atoms with E-state index in [2.05, 4.69) is 5.32 Å². The molecule has 98 valence electrons. The maximum Gasteiger partial charge on any atom is 0.248 e. The third kappa shape index (κ3) is 3.48. The van der Waals surface area contributed by atoms with Gasteiger partial charge in [-0.25, -0.2) is 0 Å². The van der Waals surface area contributed by atoms with Gasteiger partial charge in [0.1, 0.15) is 5.76 Å². The van der Waals surface area contributed by atoms with Gasteiger partial charge in [-0.3, -0.25) is 4.79 Å². The summed E-state index contributed by atoms with van der Waals surface area (Å²) in [4.78, 5) is 11.8. The van der Waals surface area contributed by atoms with Crippen LogP contribution in [0.1, 0.15) is 16.9 Å². The van der Waals surface area contributed by atoms with E-state index < -0.39 is 0 Å². The van der Waals surface area contributed by atoms with Crippen LogP contribution < -0.4 is 5.32 Å². The lowest BCUT2D eigenvalue weighted by molar-refractivity contribution is -0.111. The van der Waals surface area contributed by atoms with E-state index in [1.54, 1.807) is 24.5 Å². The van der Waals surface area contributed by atoms with Crippen molar-refractivity contribution in [1.29, 1.82) is 0 Å². The number of carbonyl (C=O) groups is 1. The molecule has 19 heavy (non-hydrogen) atoms. The first kappa shape index (κ1) is 13.4. The predicted octanol–water partition coefficient (Wildman–Crippen LogP) is 4.20. The van der Waals surface area contributed by atoms with Gasteiger partial charge >= 0.3 is 0 Å². The second-order valence-electron chi connectivity index (χ2n) is 4.28. The van der Waals surface area contributed by atoms with E-state index in [-0.39, 0.29) is 5.91 Å². The quantitative estimate of drug-likeness (QED) is 0.853. The Kier molecular flexibility index (Phi) is 4.07. The van der Waals surface area contributed by atoms with Crippen LogP contribution in [0, 0.1) is 13.8 Å². The fourth-order valence-electron chi connectivity index (χ4n) is 1.78. The Labute approximate surface area is 116 Å². The lowest BCUT2D eigenvalue weighted by atomic mass is 10.1. The number of nitrogens with one attached hydrogen (secondary N) is 1. The molecule has 0 atom stereocenters. The molecule has 2 rings (SSSR count). The average Bonchev–Trinajstić information content (AvgIpc) is 2.84. The number of anilines is 1. The maximum atomic E-state index is 11.8. The molecule has 0 fully saturated rings. The van der Waals surface area contributed by atoms with Crippen molar-refractivity contribution in [2.24, 2.45) is 0 Å². The zero-order valence-corrected chi connectivity index (χ0v) is 11.5. The molecule has 1 heterocycles. The lowest BCUT2D eigenvalue weighted by Crippen LogP contribution is -2.09. The number of carbonyl (C=O) groups excluding carboxylic acids is 1. The summed E-state index contributed by atoms with van der Waals surface area (Å²) in [6, 6.07) is 7.32. The minimum Gasteiger partial charge on any atom is -0.465 e. The number of rotatable bonds is 3. The molecule has 0 aliphatic rings. The van der Waals surface area contributed by atoms with Gasteiger partial charge in [0.05, 0.1) is 17.0 Å². The number of benzene rings is 1. The molecule has 0 radical (unpaired) electrons. The highest BCUT2D eigenvalue weighted by atomic mass is 35.5. The van der Waals surface area contributed by atoms with E-state index in [1.807, 2.05) is 26.0 Å². The highest BCUT2D eigenvalue weighted by Crippen LogP contribution is 2.27. The van der Waals surface area contributed by atoms with Crippen molar-refractivity contribution in [1.82, 2.24) is 0 Å². The van der Waals surface area contributed by atoms with Crippen LogP contribution in [0.15, 0.2) is 41.0 Å². The molecule has 0 saturated carbocycles. The Balaban J connectivity index is 2.11. The summed E-state index contributed by atoms with van der Waals surface area (Å²) in [6.45, 7) is 3.87. The Morgan fingerprint density at radius 3 is 2.79 bits per heavy atom. The Hall–Kier alpha value is -2.00. The van der Waals surface area contributed by atoms with E-state index in [0.29, 0.717) is 16.5 Å². The standard InChI is InChI=1S/C15H14ClNO2/c1-10-8-11(2)15(13(16)9-10)17-14(18)6-5-12-4-3-7-19-12/h3-9H,1-2H3,(H,17,18)/b6-5+. The van der Waals surface area contributed by atoms with Gasteiger partial charge in [-0.15, -0.1) is 0 Å². The van der Waals surface area contributed by atoms with Crippen LogP contribution >= 0.6 is 11.6 Å². The predicted molar refractivity (Wildman–Crippen MR) is 77.3 cm³/mol. The summed E-state index contributed by atoms with van der Waals surface area (Å²) in [5.74, 6) is 0.382. The third-order valence-electron chi connectivity index (χ3n) is 2.62. The van der Waals surface area contributed by atoms with Crippen LogP contribution in [0.4, 0.5) is 5.69 Å². The number of furan rings is 1. The van der Waals surface area contributed by atoms with Gasteiger partial charge in [0.2, 0.25) is 5.91 Å². The topological polar surface area (TPSA) is 42.2 Å². The molecule has 1 aromatic heterocycles.